The number of nitrogens with zero attached hydrogens (tertiary/aromatic N) is 6. The number of nitrogens with one attached hydrogen (secondary N) is 2. The van der Waals surface area contributed by atoms with Crippen LogP contribution < -0.4 is 10.2 Å². The fourth-order valence-corrected chi connectivity index (χ4v) is 3.70. The lowest BCUT2D eigenvalue weighted by atomic mass is 10.0. The Labute approximate surface area is 162 Å². The van der Waals surface area contributed by atoms with Gasteiger partial charge in [0.2, 0.25) is 11.9 Å². The van der Waals surface area contributed by atoms with Crippen molar-refractivity contribution in [3.63, 3.8) is 0 Å². The predicted octanol–water partition coefficient (Wildman–Crippen LogP) is 3.15. The number of aryl methyl sites for hydroxylation is 1. The highest BCUT2D eigenvalue weighted by atomic mass is 15.3. The number of hydrogen-bond donors (Lipinski definition) is 2. The van der Waals surface area contributed by atoms with E-state index in [2.05, 4.69) is 38.4 Å². The van der Waals surface area contributed by atoms with E-state index in [-0.39, 0.29) is 0 Å². The van der Waals surface area contributed by atoms with Crippen LogP contribution in [0.5, 0.6) is 0 Å². The third-order valence-electron chi connectivity index (χ3n) is 5.25. The molecule has 142 valence electrons. The van der Waals surface area contributed by atoms with Gasteiger partial charge in [0.1, 0.15) is 5.65 Å². The van der Waals surface area contributed by atoms with E-state index >= 15 is 0 Å². The van der Waals surface area contributed by atoms with E-state index < -0.39 is 0 Å². The van der Waals surface area contributed by atoms with Gasteiger partial charge in [0.15, 0.2) is 5.82 Å². The molecule has 0 aliphatic carbocycles. The van der Waals surface area contributed by atoms with Crippen molar-refractivity contribution >= 4 is 23.4 Å². The Balaban J connectivity index is 1.44. The van der Waals surface area contributed by atoms with Gasteiger partial charge in [0.05, 0.1) is 0 Å². The molecule has 2 N–H and O–H groups in total. The maximum Gasteiger partial charge on any atom is 0.230 e. The van der Waals surface area contributed by atoms with Crippen LogP contribution in [-0.2, 0) is 6.42 Å². The molecule has 0 amide bonds. The molecule has 1 saturated heterocycles. The van der Waals surface area contributed by atoms with E-state index in [1.165, 1.54) is 5.56 Å². The summed E-state index contributed by atoms with van der Waals surface area (Å²) in [7, 11) is 0. The topological polar surface area (TPSA) is 87.0 Å². The van der Waals surface area contributed by atoms with Gasteiger partial charge in [-0.3, -0.25) is 14.5 Å². The average Bonchev–Trinajstić information content (AvgIpc) is 3.48. The summed E-state index contributed by atoms with van der Waals surface area (Å²) in [6.07, 6.45) is 7.71. The minimum absolute atomic E-state index is 0.454. The summed E-state index contributed by atoms with van der Waals surface area (Å²) in [5.74, 6) is 2.66. The largest absolute Gasteiger partial charge is 0.340 e. The normalized spacial score (nSPS) is 16.8. The fraction of sp³-hybridized carbons (Fsp3) is 0.300. The molecule has 1 aliphatic rings. The van der Waals surface area contributed by atoms with Crippen LogP contribution in [0.25, 0.3) is 5.65 Å². The minimum Gasteiger partial charge on any atom is -0.340 e. The maximum absolute atomic E-state index is 4.81. The van der Waals surface area contributed by atoms with Gasteiger partial charge in [-0.1, -0.05) is 13.0 Å². The molecular weight excluding hydrogens is 352 g/mol. The smallest absolute Gasteiger partial charge is 0.230 e. The first-order chi connectivity index (χ1) is 13.8. The van der Waals surface area contributed by atoms with E-state index in [0.29, 0.717) is 11.9 Å². The van der Waals surface area contributed by atoms with Gasteiger partial charge >= 0.3 is 0 Å². The molecule has 0 radical (unpaired) electrons. The molecule has 0 bridgehead atoms. The Morgan fingerprint density at radius 3 is 3.04 bits per heavy atom. The molecular formula is C20H22N8. The van der Waals surface area contributed by atoms with Crippen LogP contribution in [0, 0.1) is 0 Å². The van der Waals surface area contributed by atoms with E-state index in [4.69, 9.17) is 9.97 Å². The molecule has 1 unspecified atom stereocenters. The molecule has 0 spiro atoms. The Kier molecular flexibility index (Phi) is 4.16. The molecule has 8 heteroatoms. The first-order valence-electron chi connectivity index (χ1n) is 9.61. The van der Waals surface area contributed by atoms with Crippen molar-refractivity contribution in [2.24, 2.45) is 0 Å². The third kappa shape index (κ3) is 3.06. The first kappa shape index (κ1) is 16.7. The zero-order valence-corrected chi connectivity index (χ0v) is 15.7. The summed E-state index contributed by atoms with van der Waals surface area (Å²) in [5.41, 5.74) is 3.22. The molecule has 8 nitrogen and oxygen atoms in total. The molecule has 4 aromatic heterocycles. The van der Waals surface area contributed by atoms with Gasteiger partial charge < -0.3 is 10.2 Å². The summed E-state index contributed by atoms with van der Waals surface area (Å²) in [6, 6.07) is 10.1. The van der Waals surface area contributed by atoms with Crippen molar-refractivity contribution < 1.29 is 0 Å². The summed E-state index contributed by atoms with van der Waals surface area (Å²) in [4.78, 5) is 16.1. The van der Waals surface area contributed by atoms with Crippen LogP contribution in [0.3, 0.4) is 0 Å². The van der Waals surface area contributed by atoms with Crippen molar-refractivity contribution in [1.82, 2.24) is 29.5 Å². The Bertz CT molecular complexity index is 1080. The highest BCUT2D eigenvalue weighted by Gasteiger charge is 2.26. The molecule has 28 heavy (non-hydrogen) atoms. The number of anilines is 3. The van der Waals surface area contributed by atoms with Crippen LogP contribution in [0.2, 0.25) is 0 Å². The number of rotatable bonds is 5. The number of H-pyrrole nitrogens is 1. The number of hydrogen-bond acceptors (Lipinski definition) is 6. The molecule has 5 rings (SSSR count). The lowest BCUT2D eigenvalue weighted by Gasteiger charge is -2.18. The average molecular weight is 374 g/mol. The van der Waals surface area contributed by atoms with Crippen molar-refractivity contribution in [1.29, 1.82) is 0 Å². The molecule has 0 aromatic carbocycles. The highest BCUT2D eigenvalue weighted by Crippen LogP contribution is 2.30. The number of fused-ring (bicyclic) bond motifs is 1. The maximum atomic E-state index is 4.81. The van der Waals surface area contributed by atoms with Gasteiger partial charge in [-0.2, -0.15) is 15.1 Å². The summed E-state index contributed by atoms with van der Waals surface area (Å²) in [5, 5.41) is 10.7. The van der Waals surface area contributed by atoms with Gasteiger partial charge in [-0.05, 0) is 36.6 Å². The van der Waals surface area contributed by atoms with E-state index in [1.54, 1.807) is 0 Å². The van der Waals surface area contributed by atoms with Gasteiger partial charge in [0, 0.05) is 49.4 Å². The van der Waals surface area contributed by atoms with Crippen LogP contribution in [-0.4, -0.2) is 42.6 Å². The minimum atomic E-state index is 0.454. The Morgan fingerprint density at radius 2 is 2.21 bits per heavy atom. The predicted molar refractivity (Wildman–Crippen MR) is 108 cm³/mol. The van der Waals surface area contributed by atoms with Crippen LogP contribution >= 0.6 is 0 Å². The second-order valence-electron chi connectivity index (χ2n) is 7.06. The second-order valence-corrected chi connectivity index (χ2v) is 7.06. The zero-order valence-electron chi connectivity index (χ0n) is 15.7. The fourth-order valence-electron chi connectivity index (χ4n) is 3.70. The lowest BCUT2D eigenvalue weighted by molar-refractivity contribution is 0.767. The number of aromatic nitrogens is 6. The molecule has 1 aliphatic heterocycles. The van der Waals surface area contributed by atoms with Crippen molar-refractivity contribution in [2.45, 2.75) is 25.7 Å². The van der Waals surface area contributed by atoms with Gasteiger partial charge in [0.25, 0.3) is 0 Å². The van der Waals surface area contributed by atoms with Crippen molar-refractivity contribution in [3.05, 3.63) is 60.2 Å². The third-order valence-corrected chi connectivity index (χ3v) is 5.25. The van der Waals surface area contributed by atoms with Crippen LogP contribution in [0.4, 0.5) is 17.7 Å². The Hall–Kier alpha value is -3.42. The van der Waals surface area contributed by atoms with E-state index in [9.17, 15) is 0 Å². The monoisotopic (exact) mass is 374 g/mol. The first-order valence-corrected chi connectivity index (χ1v) is 9.61. The van der Waals surface area contributed by atoms with Gasteiger partial charge in [-0.15, -0.1) is 0 Å². The number of aromatic amines is 1. The Morgan fingerprint density at radius 1 is 1.25 bits per heavy atom. The number of pyridine rings is 1. The molecule has 0 saturated carbocycles. The lowest BCUT2D eigenvalue weighted by Crippen LogP contribution is -2.23. The van der Waals surface area contributed by atoms with Crippen LogP contribution in [0.15, 0.2) is 48.9 Å². The van der Waals surface area contributed by atoms with Crippen LogP contribution in [0.1, 0.15) is 30.5 Å². The van der Waals surface area contributed by atoms with Crippen molar-refractivity contribution in [3.8, 4) is 0 Å². The molecule has 1 fully saturated rings. The summed E-state index contributed by atoms with van der Waals surface area (Å²) in [6.45, 7) is 3.92. The standard InChI is InChI=1S/C20H22N8/c1-2-16-11-17(26-25-16)22-20-24-19(23-18-6-4-9-28(18)20)27-10-7-15(13-27)14-5-3-8-21-12-14/h3-6,8-9,11-12,15H,2,7,10,13H2,1H3,(H2,22,23,24,25,26). The van der Waals surface area contributed by atoms with Crippen molar-refractivity contribution in [2.75, 3.05) is 23.3 Å². The highest BCUT2D eigenvalue weighted by molar-refractivity contribution is 5.57. The quantitative estimate of drug-likeness (QED) is 0.558. The summed E-state index contributed by atoms with van der Waals surface area (Å²) < 4.78 is 1.94. The van der Waals surface area contributed by atoms with E-state index in [1.807, 2.05) is 47.3 Å². The SMILES string of the molecule is CCc1cc(Nc2nc(N3CCC(c4cccnc4)C3)nc3cccn23)n[nH]1. The second kappa shape index (κ2) is 6.95. The summed E-state index contributed by atoms with van der Waals surface area (Å²) >= 11 is 0. The molecule has 4 aromatic rings. The van der Waals surface area contributed by atoms with E-state index in [0.717, 1.165) is 49.0 Å². The molecule has 1 atom stereocenters. The molecule has 5 heterocycles. The van der Waals surface area contributed by atoms with Gasteiger partial charge in [-0.25, -0.2) is 0 Å². The zero-order chi connectivity index (χ0) is 18.9.